The monoisotopic (exact) mass is 347 g/mol. The molecule has 19 heavy (non-hydrogen) atoms. The second kappa shape index (κ2) is 5.84. The molecule has 0 aliphatic carbocycles. The second-order valence-electron chi connectivity index (χ2n) is 3.87. The molecular formula is C13H9BrClF2NO. The minimum absolute atomic E-state index is 0.167. The van der Waals surface area contributed by atoms with Crippen LogP contribution in [0.2, 0.25) is 0 Å². The smallest absolute Gasteiger partial charge is 0.201 e. The van der Waals surface area contributed by atoms with Gasteiger partial charge in [0.1, 0.15) is 5.75 Å². The van der Waals surface area contributed by atoms with Gasteiger partial charge in [0.2, 0.25) is 5.82 Å². The van der Waals surface area contributed by atoms with Crippen LogP contribution in [0.5, 0.6) is 11.5 Å². The summed E-state index contributed by atoms with van der Waals surface area (Å²) in [6, 6.07) is 4.00. The third-order valence-electron chi connectivity index (χ3n) is 2.40. The molecule has 0 radical (unpaired) electrons. The normalized spacial score (nSPS) is 10.6. The Kier molecular flexibility index (Phi) is 4.37. The maximum Gasteiger partial charge on any atom is 0.201 e. The van der Waals surface area contributed by atoms with Gasteiger partial charge in [-0.15, -0.1) is 11.6 Å². The van der Waals surface area contributed by atoms with E-state index >= 15 is 0 Å². The minimum atomic E-state index is -1.04. The summed E-state index contributed by atoms with van der Waals surface area (Å²) < 4.78 is 32.7. The van der Waals surface area contributed by atoms with E-state index in [1.165, 1.54) is 6.07 Å². The van der Waals surface area contributed by atoms with E-state index in [-0.39, 0.29) is 11.6 Å². The van der Waals surface area contributed by atoms with E-state index in [9.17, 15) is 8.78 Å². The summed E-state index contributed by atoms with van der Waals surface area (Å²) in [6.45, 7) is 1.77. The first-order valence-electron chi connectivity index (χ1n) is 5.35. The summed E-state index contributed by atoms with van der Waals surface area (Å²) in [4.78, 5) is 4.07. The van der Waals surface area contributed by atoms with Crippen molar-refractivity contribution in [3.8, 4) is 11.5 Å². The van der Waals surface area contributed by atoms with Gasteiger partial charge in [-0.1, -0.05) is 15.9 Å². The van der Waals surface area contributed by atoms with Gasteiger partial charge in [-0.05, 0) is 19.1 Å². The number of hydrogen-bond acceptors (Lipinski definition) is 2. The van der Waals surface area contributed by atoms with Crippen molar-refractivity contribution in [3.63, 3.8) is 0 Å². The lowest BCUT2D eigenvalue weighted by atomic mass is 10.2. The molecule has 2 rings (SSSR count). The Labute approximate surface area is 122 Å². The lowest BCUT2D eigenvalue weighted by Crippen LogP contribution is -1.96. The molecule has 2 aromatic rings. The highest BCUT2D eigenvalue weighted by Crippen LogP contribution is 2.32. The van der Waals surface area contributed by atoms with E-state index in [4.69, 9.17) is 16.3 Å². The molecule has 0 fully saturated rings. The summed E-state index contributed by atoms with van der Waals surface area (Å²) in [5.74, 6) is -1.70. The Balaban J connectivity index is 2.44. The molecule has 1 aromatic carbocycles. The fourth-order valence-corrected chi connectivity index (χ4v) is 2.09. The van der Waals surface area contributed by atoms with Gasteiger partial charge in [0, 0.05) is 28.0 Å². The molecule has 0 aliphatic rings. The zero-order chi connectivity index (χ0) is 14.0. The molecule has 0 amide bonds. The molecule has 1 aromatic heterocycles. The van der Waals surface area contributed by atoms with Gasteiger partial charge in [0.25, 0.3) is 0 Å². The molecule has 0 spiro atoms. The highest BCUT2D eigenvalue weighted by atomic mass is 79.9. The first-order chi connectivity index (χ1) is 9.01. The molecule has 100 valence electrons. The average Bonchev–Trinajstić information content (AvgIpc) is 2.35. The number of benzene rings is 1. The van der Waals surface area contributed by atoms with Crippen LogP contribution in [0.15, 0.2) is 28.9 Å². The van der Waals surface area contributed by atoms with Crippen LogP contribution in [0.25, 0.3) is 0 Å². The lowest BCUT2D eigenvalue weighted by Gasteiger charge is -2.11. The van der Waals surface area contributed by atoms with Crippen LogP contribution in [-0.4, -0.2) is 4.98 Å². The number of alkyl halides is 1. The molecule has 0 N–H and O–H groups in total. The molecule has 0 unspecified atom stereocenters. The number of aryl methyl sites for hydroxylation is 1. The maximum absolute atomic E-state index is 13.6. The Morgan fingerprint density at radius 1 is 1.26 bits per heavy atom. The van der Waals surface area contributed by atoms with Crippen LogP contribution < -0.4 is 4.74 Å². The quantitative estimate of drug-likeness (QED) is 0.577. The number of rotatable bonds is 3. The van der Waals surface area contributed by atoms with Crippen molar-refractivity contribution in [1.82, 2.24) is 4.98 Å². The highest BCUT2D eigenvalue weighted by Gasteiger charge is 2.14. The summed E-state index contributed by atoms with van der Waals surface area (Å²) in [5, 5.41) is 0. The summed E-state index contributed by atoms with van der Waals surface area (Å²) in [7, 11) is 0. The van der Waals surface area contributed by atoms with Gasteiger partial charge in [0.05, 0.1) is 5.88 Å². The van der Waals surface area contributed by atoms with Crippen LogP contribution in [0.4, 0.5) is 8.78 Å². The Bertz CT molecular complexity index is 622. The fourth-order valence-electron chi connectivity index (χ4n) is 1.48. The predicted octanol–water partition coefficient (Wildman–Crippen LogP) is 4.96. The Morgan fingerprint density at radius 3 is 2.68 bits per heavy atom. The number of ether oxygens (including phenoxy) is 1. The fraction of sp³-hybridized carbons (Fsp3) is 0.154. The van der Waals surface area contributed by atoms with Gasteiger partial charge >= 0.3 is 0 Å². The largest absolute Gasteiger partial charge is 0.454 e. The van der Waals surface area contributed by atoms with E-state index in [0.717, 1.165) is 6.07 Å². The number of aromatic nitrogens is 1. The van der Waals surface area contributed by atoms with Crippen molar-refractivity contribution in [2.45, 2.75) is 12.8 Å². The number of nitrogens with zero attached hydrogens (tertiary/aromatic N) is 1. The van der Waals surface area contributed by atoms with Gasteiger partial charge in [-0.25, -0.2) is 4.39 Å². The molecule has 0 saturated carbocycles. The van der Waals surface area contributed by atoms with E-state index in [2.05, 4.69) is 20.9 Å². The number of halogens is 4. The maximum atomic E-state index is 13.6. The van der Waals surface area contributed by atoms with Crippen LogP contribution in [-0.2, 0) is 5.88 Å². The van der Waals surface area contributed by atoms with Crippen molar-refractivity contribution in [3.05, 3.63) is 51.8 Å². The summed E-state index contributed by atoms with van der Waals surface area (Å²) in [6.07, 6.45) is 1.55. The molecule has 1 heterocycles. The van der Waals surface area contributed by atoms with E-state index in [0.29, 0.717) is 21.5 Å². The molecule has 0 atom stereocenters. The zero-order valence-corrected chi connectivity index (χ0v) is 12.2. The number of hydrogen-bond donors (Lipinski definition) is 0. The molecule has 0 aliphatic heterocycles. The minimum Gasteiger partial charge on any atom is -0.454 e. The van der Waals surface area contributed by atoms with Crippen molar-refractivity contribution >= 4 is 27.5 Å². The van der Waals surface area contributed by atoms with Gasteiger partial charge in [-0.3, -0.25) is 4.98 Å². The third kappa shape index (κ3) is 3.22. The van der Waals surface area contributed by atoms with Gasteiger partial charge in [0.15, 0.2) is 11.6 Å². The first-order valence-corrected chi connectivity index (χ1v) is 6.68. The van der Waals surface area contributed by atoms with Crippen molar-refractivity contribution in [2.24, 2.45) is 0 Å². The van der Waals surface area contributed by atoms with Crippen LogP contribution in [0, 0.1) is 18.6 Å². The van der Waals surface area contributed by atoms with Crippen LogP contribution >= 0.6 is 27.5 Å². The van der Waals surface area contributed by atoms with Gasteiger partial charge < -0.3 is 4.74 Å². The molecule has 0 saturated heterocycles. The van der Waals surface area contributed by atoms with E-state index < -0.39 is 11.6 Å². The highest BCUT2D eigenvalue weighted by molar-refractivity contribution is 9.10. The summed E-state index contributed by atoms with van der Waals surface area (Å²) >= 11 is 8.84. The van der Waals surface area contributed by atoms with Crippen molar-refractivity contribution < 1.29 is 13.5 Å². The van der Waals surface area contributed by atoms with Crippen LogP contribution in [0.1, 0.15) is 11.3 Å². The molecule has 0 bridgehead atoms. The van der Waals surface area contributed by atoms with Gasteiger partial charge in [-0.2, -0.15) is 4.39 Å². The average molecular weight is 349 g/mol. The second-order valence-corrected chi connectivity index (χ2v) is 5.05. The van der Waals surface area contributed by atoms with E-state index in [1.54, 1.807) is 19.2 Å². The first kappa shape index (κ1) is 14.2. The Hall–Kier alpha value is -1.20. The predicted molar refractivity (Wildman–Crippen MR) is 72.7 cm³/mol. The van der Waals surface area contributed by atoms with Crippen molar-refractivity contribution in [1.29, 1.82) is 0 Å². The van der Waals surface area contributed by atoms with Crippen molar-refractivity contribution in [2.75, 3.05) is 0 Å². The molecular weight excluding hydrogens is 340 g/mol. The molecule has 2 nitrogen and oxygen atoms in total. The standard InChI is InChI=1S/C13H9BrClF2NO/c1-7-2-11(8(5-15)6-18-7)19-12-4-9(14)3-10(16)13(12)17/h2-4,6H,5H2,1H3. The van der Waals surface area contributed by atoms with Crippen LogP contribution in [0.3, 0.4) is 0 Å². The lowest BCUT2D eigenvalue weighted by molar-refractivity contribution is 0.412. The molecule has 6 heteroatoms. The topological polar surface area (TPSA) is 22.1 Å². The third-order valence-corrected chi connectivity index (χ3v) is 3.15. The zero-order valence-electron chi connectivity index (χ0n) is 9.88. The SMILES string of the molecule is Cc1cc(Oc2cc(Br)cc(F)c2F)c(CCl)cn1. The van der Waals surface area contributed by atoms with E-state index in [1.807, 2.05) is 0 Å². The number of pyridine rings is 1. The summed E-state index contributed by atoms with van der Waals surface area (Å²) in [5.41, 5.74) is 1.30. The Morgan fingerprint density at radius 2 is 2.00 bits per heavy atom.